The SMILES string of the molecule is C.C.Cn1cc(-c2c[nH]c3ncc(C4=CC5(CC4)OCCO5)cc23)cn1.Cn1cc(-c2cn(S(=O)(=O)c3ccccc3)c3ncc(C4=CC5(CC4)OCCO5)cc23)cn1. The van der Waals surface area contributed by atoms with Gasteiger partial charge in [0.25, 0.3) is 10.0 Å². The molecule has 0 atom stereocenters. The average Bonchev–Trinajstić information content (AvgIpc) is 4.08. The van der Waals surface area contributed by atoms with E-state index < -0.39 is 21.6 Å². The topological polar surface area (TPSA) is 153 Å². The van der Waals surface area contributed by atoms with Crippen LogP contribution in [0.2, 0.25) is 0 Å². The number of aromatic nitrogens is 8. The van der Waals surface area contributed by atoms with Gasteiger partial charge in [0.2, 0.25) is 0 Å². The summed E-state index contributed by atoms with van der Waals surface area (Å²) in [7, 11) is -0.0699. The molecule has 2 aliphatic carbocycles. The smallest absolute Gasteiger partial charge is 0.269 e. The Balaban J connectivity index is 0.000000166. The van der Waals surface area contributed by atoms with Crippen LogP contribution in [0.1, 0.15) is 51.7 Å². The number of nitrogens with one attached hydrogen (secondary N) is 1. The molecule has 2 saturated heterocycles. The Labute approximate surface area is 343 Å². The lowest BCUT2D eigenvalue weighted by atomic mass is 10.0. The number of H-pyrrole nitrogens is 1. The fourth-order valence-electron chi connectivity index (χ4n) is 8.20. The molecule has 2 fully saturated rings. The van der Waals surface area contributed by atoms with Crippen molar-refractivity contribution in [1.82, 2.24) is 38.5 Å². The van der Waals surface area contributed by atoms with Crippen LogP contribution >= 0.6 is 0 Å². The number of aryl methyl sites for hydroxylation is 2. The highest BCUT2D eigenvalue weighted by Gasteiger charge is 2.40. The third-order valence-electron chi connectivity index (χ3n) is 11.0. The van der Waals surface area contributed by atoms with E-state index in [0.29, 0.717) is 32.1 Å². The van der Waals surface area contributed by atoms with Gasteiger partial charge in [-0.05, 0) is 71.5 Å². The summed E-state index contributed by atoms with van der Waals surface area (Å²) in [5.41, 5.74) is 9.43. The fourth-order valence-corrected chi connectivity index (χ4v) is 9.55. The van der Waals surface area contributed by atoms with E-state index in [0.717, 1.165) is 81.1 Å². The van der Waals surface area contributed by atoms with Gasteiger partial charge in [0, 0.05) is 97.1 Å². The lowest BCUT2D eigenvalue weighted by Crippen LogP contribution is -2.23. The van der Waals surface area contributed by atoms with Crippen molar-refractivity contribution in [3.05, 3.63) is 115 Å². The molecule has 8 heterocycles. The van der Waals surface area contributed by atoms with Gasteiger partial charge in [-0.3, -0.25) is 9.36 Å². The first-order valence-electron chi connectivity index (χ1n) is 18.9. The maximum Gasteiger partial charge on any atom is 0.269 e. The van der Waals surface area contributed by atoms with E-state index in [2.05, 4.69) is 37.3 Å². The average molecular weight is 817 g/mol. The number of allylic oxidation sites excluding steroid dienone is 2. The van der Waals surface area contributed by atoms with Gasteiger partial charge < -0.3 is 23.9 Å². The molecular formula is C44H48N8O6S. The monoisotopic (exact) mass is 816 g/mol. The normalized spacial score (nSPS) is 17.9. The van der Waals surface area contributed by atoms with E-state index >= 15 is 0 Å². The second kappa shape index (κ2) is 15.5. The summed E-state index contributed by atoms with van der Waals surface area (Å²) in [6.45, 7) is 2.52. The second-order valence-electron chi connectivity index (χ2n) is 14.7. The summed E-state index contributed by atoms with van der Waals surface area (Å²) in [5, 5.41) is 10.4. The standard InChI is InChI=1S/C24H22N4O4S.C18H18N4O2.2CH4/c1-27-15-19(14-26-27)22-16-28(33(29,30)20-5-3-2-4-6-20)23-21(22)11-18(13-25-23)17-7-8-24(12-17)31-9-10-32-24;1-22-11-14(9-21-22)16-10-20-17-15(16)6-13(8-19-17)12-2-3-18(7-12)23-4-5-24-18;;/h2-6,11-16H,7-10H2,1H3;6-11H,2-5H2,1H3,(H,19,20);2*1H4. The molecule has 14 nitrogen and oxygen atoms in total. The lowest BCUT2D eigenvalue weighted by Gasteiger charge is -2.17. The van der Waals surface area contributed by atoms with Gasteiger partial charge in [-0.15, -0.1) is 0 Å². The number of rotatable bonds is 6. The minimum atomic E-state index is -3.82. The summed E-state index contributed by atoms with van der Waals surface area (Å²) < 4.78 is 54.9. The van der Waals surface area contributed by atoms with Gasteiger partial charge in [-0.1, -0.05) is 33.1 Å². The molecule has 0 amide bonds. The zero-order chi connectivity index (χ0) is 38.8. The Morgan fingerprint density at radius 3 is 1.76 bits per heavy atom. The Hall–Kier alpha value is -5.71. The highest BCUT2D eigenvalue weighted by atomic mass is 32.2. The molecule has 4 aliphatic rings. The number of aromatic amines is 1. The van der Waals surface area contributed by atoms with E-state index in [1.54, 1.807) is 53.6 Å². The van der Waals surface area contributed by atoms with Gasteiger partial charge in [-0.25, -0.2) is 22.4 Å². The van der Waals surface area contributed by atoms with E-state index in [-0.39, 0.29) is 19.7 Å². The van der Waals surface area contributed by atoms with Crippen molar-refractivity contribution in [2.75, 3.05) is 26.4 Å². The molecule has 1 N–H and O–H groups in total. The van der Waals surface area contributed by atoms with Crippen LogP contribution in [-0.4, -0.2) is 84.9 Å². The third kappa shape index (κ3) is 7.23. The van der Waals surface area contributed by atoms with E-state index in [1.165, 1.54) is 9.55 Å². The molecule has 0 saturated carbocycles. The van der Waals surface area contributed by atoms with Crippen LogP contribution in [0.25, 0.3) is 55.5 Å². The van der Waals surface area contributed by atoms with Gasteiger partial charge in [-0.2, -0.15) is 10.2 Å². The summed E-state index contributed by atoms with van der Waals surface area (Å²) in [6, 6.07) is 12.6. The summed E-state index contributed by atoms with van der Waals surface area (Å²) in [5.74, 6) is -1.15. The van der Waals surface area contributed by atoms with Crippen LogP contribution in [0, 0.1) is 0 Å². The van der Waals surface area contributed by atoms with Crippen molar-refractivity contribution in [2.45, 2.75) is 57.0 Å². The van der Waals surface area contributed by atoms with Crippen LogP contribution in [0.15, 0.2) is 109 Å². The van der Waals surface area contributed by atoms with Crippen molar-refractivity contribution in [3.8, 4) is 22.3 Å². The van der Waals surface area contributed by atoms with E-state index in [1.807, 2.05) is 61.9 Å². The van der Waals surface area contributed by atoms with Crippen LogP contribution < -0.4 is 0 Å². The highest BCUT2D eigenvalue weighted by molar-refractivity contribution is 7.90. The Kier molecular flexibility index (Phi) is 10.5. The molecule has 0 radical (unpaired) electrons. The zero-order valence-corrected chi connectivity index (χ0v) is 32.3. The largest absolute Gasteiger partial charge is 0.346 e. The molecule has 0 bridgehead atoms. The van der Waals surface area contributed by atoms with Crippen LogP contribution in [0.4, 0.5) is 0 Å². The molecule has 0 unspecified atom stereocenters. The van der Waals surface area contributed by atoms with Gasteiger partial charge in [0.15, 0.2) is 17.2 Å². The third-order valence-corrected chi connectivity index (χ3v) is 12.7. The summed E-state index contributed by atoms with van der Waals surface area (Å²) >= 11 is 0. The van der Waals surface area contributed by atoms with Crippen molar-refractivity contribution in [2.24, 2.45) is 14.1 Å². The lowest BCUT2D eigenvalue weighted by molar-refractivity contribution is -0.115. The predicted octanol–water partition coefficient (Wildman–Crippen LogP) is 7.75. The first kappa shape index (κ1) is 40.1. The van der Waals surface area contributed by atoms with Crippen molar-refractivity contribution in [3.63, 3.8) is 0 Å². The molecule has 11 rings (SSSR count). The number of hydrogen-bond acceptors (Lipinski definition) is 10. The molecule has 6 aromatic heterocycles. The molecule has 306 valence electrons. The van der Waals surface area contributed by atoms with Crippen molar-refractivity contribution >= 4 is 43.2 Å². The number of pyridine rings is 2. The molecule has 1 aromatic carbocycles. The zero-order valence-electron chi connectivity index (χ0n) is 31.5. The van der Waals surface area contributed by atoms with Gasteiger partial charge in [0.1, 0.15) is 5.65 Å². The molecular weight excluding hydrogens is 769 g/mol. The Morgan fingerprint density at radius 2 is 1.20 bits per heavy atom. The van der Waals surface area contributed by atoms with E-state index in [4.69, 9.17) is 18.9 Å². The molecule has 2 aliphatic heterocycles. The Morgan fingerprint density at radius 1 is 0.661 bits per heavy atom. The maximum absolute atomic E-state index is 13.5. The number of benzene rings is 1. The maximum atomic E-state index is 13.5. The quantitative estimate of drug-likeness (QED) is 0.176. The first-order valence-corrected chi connectivity index (χ1v) is 20.4. The van der Waals surface area contributed by atoms with E-state index in [9.17, 15) is 8.42 Å². The molecule has 15 heteroatoms. The predicted molar refractivity (Wildman–Crippen MR) is 226 cm³/mol. The second-order valence-corrected chi connectivity index (χ2v) is 16.6. The highest BCUT2D eigenvalue weighted by Crippen LogP contribution is 2.42. The molecule has 2 spiro atoms. The fraction of sp³-hybridized carbons (Fsp3) is 0.318. The summed E-state index contributed by atoms with van der Waals surface area (Å²) in [6.07, 6.45) is 22.3. The Bertz CT molecular complexity index is 2820. The minimum absolute atomic E-state index is 0. The minimum Gasteiger partial charge on any atom is -0.346 e. The van der Waals surface area contributed by atoms with Crippen LogP contribution in [-0.2, 0) is 43.1 Å². The van der Waals surface area contributed by atoms with Crippen LogP contribution in [0.3, 0.4) is 0 Å². The number of fused-ring (bicyclic) bond motifs is 2. The number of ether oxygens (including phenoxy) is 4. The van der Waals surface area contributed by atoms with Crippen molar-refractivity contribution in [1.29, 1.82) is 0 Å². The van der Waals surface area contributed by atoms with Crippen molar-refractivity contribution < 1.29 is 27.4 Å². The first-order chi connectivity index (χ1) is 27.7. The van der Waals surface area contributed by atoms with Crippen LogP contribution in [0.5, 0.6) is 0 Å². The van der Waals surface area contributed by atoms with Gasteiger partial charge >= 0.3 is 0 Å². The summed E-state index contributed by atoms with van der Waals surface area (Å²) in [4.78, 5) is 12.7. The van der Waals surface area contributed by atoms with Gasteiger partial charge in [0.05, 0.1) is 43.7 Å². The number of nitrogens with zero attached hydrogens (tertiary/aromatic N) is 7. The number of hydrogen-bond donors (Lipinski definition) is 1. The molecule has 7 aromatic rings. The molecule has 59 heavy (non-hydrogen) atoms.